The van der Waals surface area contributed by atoms with Crippen molar-refractivity contribution in [1.82, 2.24) is 0 Å². The molecule has 160 valence electrons. The van der Waals surface area contributed by atoms with Gasteiger partial charge in [-0.05, 0) is 94.6 Å². The highest BCUT2D eigenvalue weighted by Gasteiger charge is 2.72. The first-order valence-corrected chi connectivity index (χ1v) is 12.6. The summed E-state index contributed by atoms with van der Waals surface area (Å²) in [6.07, 6.45) is 10.9. The number of hydrogen-bond donors (Lipinski definition) is 0. The van der Waals surface area contributed by atoms with E-state index >= 15 is 0 Å². The topological polar surface area (TPSA) is 0 Å². The van der Waals surface area contributed by atoms with Crippen molar-refractivity contribution in [1.29, 1.82) is 0 Å². The maximum atomic E-state index is 7.27. The fourth-order valence-electron chi connectivity index (χ4n) is 6.99. The summed E-state index contributed by atoms with van der Waals surface area (Å²) in [5.74, 6) is 1.35. The molecule has 0 aromatic heterocycles. The Bertz CT molecular complexity index is 804. The number of benzene rings is 2. The molecule has 2 spiro atoms. The Kier molecular flexibility index (Phi) is 5.27. The Morgan fingerprint density at radius 2 is 0.933 bits per heavy atom. The Morgan fingerprint density at radius 1 is 0.600 bits per heavy atom. The number of rotatable bonds is 2. The third-order valence-corrected chi connectivity index (χ3v) is 10.6. The second kappa shape index (κ2) is 7.56. The molecule has 3 aliphatic rings. The van der Waals surface area contributed by atoms with Crippen molar-refractivity contribution in [3.05, 3.63) is 70.8 Å². The molecule has 0 saturated heterocycles. The molecule has 0 atom stereocenters. The molecule has 0 bridgehead atoms. The lowest BCUT2D eigenvalue weighted by Gasteiger charge is -2.69. The van der Waals surface area contributed by atoms with Crippen molar-refractivity contribution < 1.29 is 0 Å². The van der Waals surface area contributed by atoms with Crippen LogP contribution in [0.2, 0.25) is 0 Å². The molecule has 0 N–H and O–H groups in total. The van der Waals surface area contributed by atoms with Gasteiger partial charge >= 0.3 is 0 Å². The van der Waals surface area contributed by atoms with E-state index in [9.17, 15) is 0 Å². The van der Waals surface area contributed by atoms with Crippen LogP contribution in [0, 0.1) is 24.7 Å². The Hall–Kier alpha value is -0.980. The van der Waals surface area contributed by atoms with Gasteiger partial charge in [-0.1, -0.05) is 59.7 Å². The van der Waals surface area contributed by atoms with Gasteiger partial charge in [-0.15, -0.1) is 23.2 Å². The van der Waals surface area contributed by atoms with E-state index in [1.54, 1.807) is 0 Å². The monoisotopic (exact) mass is 440 g/mol. The highest BCUT2D eigenvalue weighted by atomic mass is 35.5. The van der Waals surface area contributed by atoms with Gasteiger partial charge in [0.05, 0.1) is 0 Å². The minimum atomic E-state index is -0.545. The van der Waals surface area contributed by atoms with Crippen LogP contribution in [-0.2, 0) is 0 Å². The molecule has 2 aromatic rings. The number of aryl methyl sites for hydroxylation is 2. The van der Waals surface area contributed by atoms with Gasteiger partial charge in [0.15, 0.2) is 0 Å². The molecular weight excluding hydrogens is 407 g/mol. The summed E-state index contributed by atoms with van der Waals surface area (Å²) in [4.78, 5) is 0. The van der Waals surface area contributed by atoms with Crippen LogP contribution in [-0.4, -0.2) is 4.33 Å². The second-order valence-electron chi connectivity index (χ2n) is 10.7. The molecular formula is C28H34Cl2. The fourth-order valence-corrected chi connectivity index (χ4v) is 8.01. The zero-order valence-electron chi connectivity index (χ0n) is 18.4. The zero-order valence-corrected chi connectivity index (χ0v) is 19.9. The summed E-state index contributed by atoms with van der Waals surface area (Å²) < 4.78 is -0.545. The summed E-state index contributed by atoms with van der Waals surface area (Å²) >= 11 is 14.5. The minimum Gasteiger partial charge on any atom is -0.100 e. The molecule has 3 fully saturated rings. The quantitative estimate of drug-likeness (QED) is 0.408. The predicted molar refractivity (Wildman–Crippen MR) is 129 cm³/mol. The normalized spacial score (nSPS) is 35.3. The summed E-state index contributed by atoms with van der Waals surface area (Å²) in [5, 5.41) is 0. The molecule has 5 rings (SSSR count). The lowest BCUT2D eigenvalue weighted by atomic mass is 9.43. The maximum absolute atomic E-state index is 7.27. The van der Waals surface area contributed by atoms with Gasteiger partial charge in [0.2, 0.25) is 0 Å². The number of halogens is 2. The average Bonchev–Trinajstić information content (AvgIpc) is 2.76. The molecule has 30 heavy (non-hydrogen) atoms. The Balaban J connectivity index is 1.23. The van der Waals surface area contributed by atoms with E-state index in [0.29, 0.717) is 11.8 Å². The molecule has 2 heteroatoms. The van der Waals surface area contributed by atoms with Crippen LogP contribution < -0.4 is 0 Å². The largest absolute Gasteiger partial charge is 0.129 e. The van der Waals surface area contributed by atoms with Crippen molar-refractivity contribution in [2.75, 3.05) is 0 Å². The first kappa shape index (κ1) is 20.9. The zero-order chi connectivity index (χ0) is 21.0. The van der Waals surface area contributed by atoms with Gasteiger partial charge in [-0.2, -0.15) is 0 Å². The van der Waals surface area contributed by atoms with E-state index in [1.807, 2.05) is 0 Å². The van der Waals surface area contributed by atoms with Crippen LogP contribution in [0.25, 0.3) is 0 Å². The summed E-state index contributed by atoms with van der Waals surface area (Å²) in [7, 11) is 0. The molecule has 0 radical (unpaired) electrons. The SMILES string of the molecule is Cc1ccc(C2CCC3(CC2)CC2(CCC(c4ccc(C)cc4)CC2)C3(Cl)Cl)cc1. The fraction of sp³-hybridized carbons (Fsp3) is 0.571. The van der Waals surface area contributed by atoms with Crippen molar-refractivity contribution in [3.63, 3.8) is 0 Å². The minimum absolute atomic E-state index is 0.147. The van der Waals surface area contributed by atoms with Crippen LogP contribution >= 0.6 is 23.2 Å². The van der Waals surface area contributed by atoms with Crippen molar-refractivity contribution in [2.24, 2.45) is 10.8 Å². The number of hydrogen-bond acceptors (Lipinski definition) is 0. The van der Waals surface area contributed by atoms with Gasteiger partial charge in [-0.3, -0.25) is 0 Å². The Morgan fingerprint density at radius 3 is 1.23 bits per heavy atom. The van der Waals surface area contributed by atoms with Gasteiger partial charge in [-0.25, -0.2) is 0 Å². The van der Waals surface area contributed by atoms with Crippen molar-refractivity contribution in [3.8, 4) is 0 Å². The van der Waals surface area contributed by atoms with E-state index < -0.39 is 4.33 Å². The summed E-state index contributed by atoms with van der Waals surface area (Å²) in [6.45, 7) is 4.33. The van der Waals surface area contributed by atoms with Gasteiger partial charge in [0.25, 0.3) is 0 Å². The van der Waals surface area contributed by atoms with Gasteiger partial charge in [0.1, 0.15) is 4.33 Å². The van der Waals surface area contributed by atoms with Crippen molar-refractivity contribution >= 4 is 23.2 Å². The van der Waals surface area contributed by atoms with Gasteiger partial charge < -0.3 is 0 Å². The second-order valence-corrected chi connectivity index (χ2v) is 12.0. The van der Waals surface area contributed by atoms with Crippen LogP contribution in [0.1, 0.15) is 91.9 Å². The number of alkyl halides is 2. The predicted octanol–water partition coefficient (Wildman–Crippen LogP) is 8.87. The smallest absolute Gasteiger partial charge is 0.100 e. The average molecular weight is 441 g/mol. The van der Waals surface area contributed by atoms with Crippen LogP contribution in [0.3, 0.4) is 0 Å². The van der Waals surface area contributed by atoms with Crippen LogP contribution in [0.15, 0.2) is 48.5 Å². The van der Waals surface area contributed by atoms with E-state index in [-0.39, 0.29) is 10.8 Å². The molecule has 3 aliphatic carbocycles. The third-order valence-electron chi connectivity index (χ3n) is 8.99. The molecule has 0 nitrogen and oxygen atoms in total. The Labute approximate surface area is 192 Å². The lowest BCUT2D eigenvalue weighted by molar-refractivity contribution is -0.107. The third kappa shape index (κ3) is 3.25. The molecule has 0 amide bonds. The first-order chi connectivity index (χ1) is 14.3. The van der Waals surface area contributed by atoms with E-state index in [1.165, 1.54) is 80.0 Å². The van der Waals surface area contributed by atoms with E-state index in [4.69, 9.17) is 23.2 Å². The molecule has 2 aromatic carbocycles. The first-order valence-electron chi connectivity index (χ1n) is 11.9. The maximum Gasteiger partial charge on any atom is 0.129 e. The molecule has 0 aliphatic heterocycles. The van der Waals surface area contributed by atoms with Crippen LogP contribution in [0.4, 0.5) is 0 Å². The van der Waals surface area contributed by atoms with Crippen molar-refractivity contribution in [2.45, 2.75) is 87.8 Å². The molecule has 0 heterocycles. The van der Waals surface area contributed by atoms with Gasteiger partial charge in [0, 0.05) is 10.8 Å². The highest BCUT2D eigenvalue weighted by molar-refractivity contribution is 6.50. The van der Waals surface area contributed by atoms with E-state index in [2.05, 4.69) is 62.4 Å². The highest BCUT2D eigenvalue weighted by Crippen LogP contribution is 2.77. The lowest BCUT2D eigenvalue weighted by Crippen LogP contribution is -2.66. The van der Waals surface area contributed by atoms with Crippen LogP contribution in [0.5, 0.6) is 0 Å². The summed E-state index contributed by atoms with van der Waals surface area (Å²) in [5.41, 5.74) is 5.97. The molecule has 0 unspecified atom stereocenters. The standard InChI is InChI=1S/C28H34Cl2/c1-20-3-7-22(8-4-20)24-11-15-26(16-12-24)19-27(28(26,29)30)17-13-25(14-18-27)23-9-5-21(2)6-10-23/h3-10,24-25H,11-19H2,1-2H3. The van der Waals surface area contributed by atoms with E-state index in [0.717, 1.165) is 0 Å². The molecule has 3 saturated carbocycles. The summed E-state index contributed by atoms with van der Waals surface area (Å²) in [6, 6.07) is 18.3.